The fourth-order valence-electron chi connectivity index (χ4n) is 2.57. The van der Waals surface area contributed by atoms with Crippen molar-refractivity contribution >= 4 is 16.6 Å². The quantitative estimate of drug-likeness (QED) is 0.916. The van der Waals surface area contributed by atoms with Gasteiger partial charge in [-0.15, -0.1) is 0 Å². The summed E-state index contributed by atoms with van der Waals surface area (Å²) >= 11 is 0. The van der Waals surface area contributed by atoms with Crippen LogP contribution in [0.2, 0.25) is 0 Å². The van der Waals surface area contributed by atoms with Gasteiger partial charge in [0.1, 0.15) is 5.65 Å². The van der Waals surface area contributed by atoms with Gasteiger partial charge in [-0.05, 0) is 24.1 Å². The second-order valence-electron chi connectivity index (χ2n) is 4.93. The van der Waals surface area contributed by atoms with Crippen molar-refractivity contribution in [1.82, 2.24) is 14.9 Å². The van der Waals surface area contributed by atoms with E-state index in [2.05, 4.69) is 9.97 Å². The summed E-state index contributed by atoms with van der Waals surface area (Å²) in [5, 5.41) is 1.02. The maximum absolute atomic E-state index is 12.3. The molecular weight excluding hydrogens is 267 g/mol. The summed E-state index contributed by atoms with van der Waals surface area (Å²) in [4.78, 5) is 8.72. The first-order valence-electron chi connectivity index (χ1n) is 6.43. The van der Waals surface area contributed by atoms with Gasteiger partial charge in [0.05, 0.1) is 6.54 Å². The van der Waals surface area contributed by atoms with E-state index in [0.29, 0.717) is 19.5 Å². The number of aromatic amines is 1. The Morgan fingerprint density at radius 2 is 2.20 bits per heavy atom. The molecule has 0 bridgehead atoms. The number of alkyl halides is 3. The van der Waals surface area contributed by atoms with Crippen LogP contribution in [-0.2, 0) is 0 Å². The van der Waals surface area contributed by atoms with E-state index in [-0.39, 0.29) is 0 Å². The molecule has 106 valence electrons. The van der Waals surface area contributed by atoms with Crippen molar-refractivity contribution in [3.8, 4) is 0 Å². The lowest BCUT2D eigenvalue weighted by atomic mass is 9.99. The first kappa shape index (κ1) is 13.2. The minimum Gasteiger partial charge on any atom is -0.346 e. The zero-order valence-electron chi connectivity index (χ0n) is 10.7. The molecule has 0 atom stereocenters. The molecule has 6 heteroatoms. The molecule has 3 heterocycles. The van der Waals surface area contributed by atoms with Crippen molar-refractivity contribution in [2.75, 3.05) is 19.6 Å². The SMILES string of the molecule is FC(F)(F)CN1CC=C(c2c[nH]c3ncccc23)CC1. The van der Waals surface area contributed by atoms with Gasteiger partial charge in [-0.25, -0.2) is 4.98 Å². The second-order valence-corrected chi connectivity index (χ2v) is 4.93. The van der Waals surface area contributed by atoms with Crippen LogP contribution in [0, 0.1) is 0 Å². The van der Waals surface area contributed by atoms with E-state index >= 15 is 0 Å². The lowest BCUT2D eigenvalue weighted by molar-refractivity contribution is -0.144. The van der Waals surface area contributed by atoms with Crippen LogP contribution in [0.25, 0.3) is 16.6 Å². The van der Waals surface area contributed by atoms with Gasteiger partial charge in [-0.1, -0.05) is 6.08 Å². The number of fused-ring (bicyclic) bond motifs is 1. The third-order valence-electron chi connectivity index (χ3n) is 3.49. The predicted octanol–water partition coefficient (Wildman–Crippen LogP) is 3.21. The summed E-state index contributed by atoms with van der Waals surface area (Å²) < 4.78 is 37.0. The largest absolute Gasteiger partial charge is 0.401 e. The van der Waals surface area contributed by atoms with Gasteiger partial charge in [0.15, 0.2) is 0 Å². The van der Waals surface area contributed by atoms with E-state index in [0.717, 1.165) is 22.2 Å². The van der Waals surface area contributed by atoms with Gasteiger partial charge in [-0.2, -0.15) is 13.2 Å². The molecule has 0 amide bonds. The van der Waals surface area contributed by atoms with Crippen molar-refractivity contribution in [3.63, 3.8) is 0 Å². The third kappa shape index (κ3) is 2.70. The zero-order valence-corrected chi connectivity index (χ0v) is 10.7. The molecule has 0 spiro atoms. The van der Waals surface area contributed by atoms with Crippen LogP contribution < -0.4 is 0 Å². The van der Waals surface area contributed by atoms with Crippen LogP contribution in [0.1, 0.15) is 12.0 Å². The Hall–Kier alpha value is -1.82. The average Bonchev–Trinajstić information content (AvgIpc) is 2.82. The van der Waals surface area contributed by atoms with Crippen LogP contribution in [0.5, 0.6) is 0 Å². The summed E-state index contributed by atoms with van der Waals surface area (Å²) in [6.07, 6.45) is 1.96. The van der Waals surface area contributed by atoms with Crippen LogP contribution >= 0.6 is 0 Å². The molecule has 1 aliphatic rings. The minimum absolute atomic E-state index is 0.335. The highest BCUT2D eigenvalue weighted by Gasteiger charge is 2.31. The molecule has 0 saturated heterocycles. The lowest BCUT2D eigenvalue weighted by Gasteiger charge is -2.26. The molecule has 0 aliphatic carbocycles. The summed E-state index contributed by atoms with van der Waals surface area (Å²) in [5.74, 6) is 0. The number of nitrogens with zero attached hydrogens (tertiary/aromatic N) is 2. The molecule has 1 N–H and O–H groups in total. The van der Waals surface area contributed by atoms with Gasteiger partial charge in [0, 0.05) is 36.4 Å². The molecule has 0 radical (unpaired) electrons. The second kappa shape index (κ2) is 4.94. The Bertz CT molecular complexity index is 642. The number of pyridine rings is 1. The number of hydrogen-bond donors (Lipinski definition) is 1. The molecule has 0 saturated carbocycles. The maximum atomic E-state index is 12.3. The lowest BCUT2D eigenvalue weighted by Crippen LogP contribution is -2.36. The van der Waals surface area contributed by atoms with Gasteiger partial charge in [0.25, 0.3) is 0 Å². The zero-order chi connectivity index (χ0) is 14.2. The van der Waals surface area contributed by atoms with Gasteiger partial charge in [0.2, 0.25) is 0 Å². The Morgan fingerprint density at radius 1 is 1.35 bits per heavy atom. The Labute approximate surface area is 114 Å². The number of nitrogens with one attached hydrogen (secondary N) is 1. The van der Waals surface area contributed by atoms with Gasteiger partial charge >= 0.3 is 6.18 Å². The van der Waals surface area contributed by atoms with E-state index in [1.54, 1.807) is 6.20 Å². The molecule has 3 nitrogen and oxygen atoms in total. The number of hydrogen-bond acceptors (Lipinski definition) is 2. The number of halogens is 3. The van der Waals surface area contributed by atoms with Crippen LogP contribution in [-0.4, -0.2) is 40.7 Å². The Morgan fingerprint density at radius 3 is 2.90 bits per heavy atom. The van der Waals surface area contributed by atoms with Crippen LogP contribution in [0.3, 0.4) is 0 Å². The minimum atomic E-state index is -4.13. The average molecular weight is 281 g/mol. The van der Waals surface area contributed by atoms with Crippen molar-refractivity contribution < 1.29 is 13.2 Å². The first-order valence-corrected chi connectivity index (χ1v) is 6.43. The fourth-order valence-corrected chi connectivity index (χ4v) is 2.57. The predicted molar refractivity (Wildman–Crippen MR) is 71.2 cm³/mol. The van der Waals surface area contributed by atoms with Crippen LogP contribution in [0.4, 0.5) is 13.2 Å². The van der Waals surface area contributed by atoms with Crippen molar-refractivity contribution in [1.29, 1.82) is 0 Å². The molecule has 1 aliphatic heterocycles. The molecule has 2 aromatic rings. The Kier molecular flexibility index (Phi) is 3.25. The highest BCUT2D eigenvalue weighted by molar-refractivity contribution is 5.90. The summed E-state index contributed by atoms with van der Waals surface area (Å²) in [6, 6.07) is 3.83. The molecule has 0 aromatic carbocycles. The van der Waals surface area contributed by atoms with Crippen LogP contribution in [0.15, 0.2) is 30.6 Å². The molecule has 2 aromatic heterocycles. The monoisotopic (exact) mass is 281 g/mol. The number of rotatable bonds is 2. The standard InChI is InChI=1S/C14H14F3N3/c15-14(16,17)9-20-6-3-10(4-7-20)12-8-19-13-11(12)2-1-5-18-13/h1-3,5,8H,4,6-7,9H2,(H,18,19). The van der Waals surface area contributed by atoms with Crippen molar-refractivity contribution in [2.45, 2.75) is 12.6 Å². The topological polar surface area (TPSA) is 31.9 Å². The molecule has 3 rings (SSSR count). The molecule has 20 heavy (non-hydrogen) atoms. The normalized spacial score (nSPS) is 17.4. The Balaban J connectivity index is 1.80. The molecule has 0 fully saturated rings. The smallest absolute Gasteiger partial charge is 0.346 e. The van der Waals surface area contributed by atoms with E-state index in [1.165, 1.54) is 4.90 Å². The summed E-state index contributed by atoms with van der Waals surface area (Å²) in [6.45, 7) is -0.0771. The van der Waals surface area contributed by atoms with Crippen molar-refractivity contribution in [3.05, 3.63) is 36.2 Å². The van der Waals surface area contributed by atoms with E-state index in [4.69, 9.17) is 0 Å². The highest BCUT2D eigenvalue weighted by Crippen LogP contribution is 2.29. The van der Waals surface area contributed by atoms with Gasteiger partial charge < -0.3 is 4.98 Å². The van der Waals surface area contributed by atoms with E-state index in [9.17, 15) is 13.2 Å². The number of H-pyrrole nitrogens is 1. The third-order valence-corrected chi connectivity index (χ3v) is 3.49. The first-order chi connectivity index (χ1) is 9.53. The molecule has 0 unspecified atom stereocenters. The summed E-state index contributed by atoms with van der Waals surface area (Å²) in [7, 11) is 0. The molecular formula is C14H14F3N3. The van der Waals surface area contributed by atoms with E-state index < -0.39 is 12.7 Å². The van der Waals surface area contributed by atoms with Gasteiger partial charge in [-0.3, -0.25) is 4.90 Å². The highest BCUT2D eigenvalue weighted by atomic mass is 19.4. The number of aromatic nitrogens is 2. The van der Waals surface area contributed by atoms with Crippen molar-refractivity contribution in [2.24, 2.45) is 0 Å². The van der Waals surface area contributed by atoms with E-state index in [1.807, 2.05) is 24.4 Å². The summed E-state index contributed by atoms with van der Waals surface area (Å²) in [5.41, 5.74) is 2.93. The maximum Gasteiger partial charge on any atom is 0.401 e. The fraction of sp³-hybridized carbons (Fsp3) is 0.357.